The molecular formula is C19H25BrO2. The highest BCUT2D eigenvalue weighted by molar-refractivity contribution is 9.09. The van der Waals surface area contributed by atoms with E-state index in [0.29, 0.717) is 11.7 Å². The molecule has 0 radical (unpaired) electrons. The molecule has 3 aliphatic carbocycles. The van der Waals surface area contributed by atoms with Gasteiger partial charge in [0.15, 0.2) is 0 Å². The van der Waals surface area contributed by atoms with E-state index in [0.717, 1.165) is 12.8 Å². The Hall–Kier alpha value is -0.830. The van der Waals surface area contributed by atoms with Gasteiger partial charge in [0.1, 0.15) is 5.75 Å². The quantitative estimate of drug-likeness (QED) is 0.412. The first kappa shape index (κ1) is 16.0. The summed E-state index contributed by atoms with van der Waals surface area (Å²) in [4.78, 5) is 13.1. The molecule has 0 saturated heterocycles. The second-order valence-electron chi connectivity index (χ2n) is 7.99. The second-order valence-corrected chi connectivity index (χ2v) is 8.91. The smallest absolute Gasteiger partial charge is 0.319 e. The molecule has 120 valence electrons. The van der Waals surface area contributed by atoms with E-state index in [1.165, 1.54) is 5.56 Å². The minimum absolute atomic E-state index is 0.0247. The van der Waals surface area contributed by atoms with Crippen LogP contribution in [-0.4, -0.2) is 10.8 Å². The molecule has 0 aliphatic heterocycles. The monoisotopic (exact) mass is 364 g/mol. The van der Waals surface area contributed by atoms with Gasteiger partial charge in [0, 0.05) is 4.83 Å². The van der Waals surface area contributed by atoms with Crippen LogP contribution in [0.4, 0.5) is 0 Å². The summed E-state index contributed by atoms with van der Waals surface area (Å²) in [6.45, 7) is 11.0. The van der Waals surface area contributed by atoms with Crippen molar-refractivity contribution in [2.24, 2.45) is 16.2 Å². The summed E-state index contributed by atoms with van der Waals surface area (Å²) in [6, 6.07) is 7.91. The second kappa shape index (κ2) is 4.83. The maximum atomic E-state index is 12.9. The predicted molar refractivity (Wildman–Crippen MR) is 92.4 cm³/mol. The van der Waals surface area contributed by atoms with E-state index in [-0.39, 0.29) is 21.6 Å². The van der Waals surface area contributed by atoms with Crippen LogP contribution in [0.1, 0.15) is 58.9 Å². The number of esters is 1. The van der Waals surface area contributed by atoms with Crippen molar-refractivity contribution in [3.05, 3.63) is 29.8 Å². The van der Waals surface area contributed by atoms with Crippen molar-refractivity contribution in [1.82, 2.24) is 0 Å². The van der Waals surface area contributed by atoms with Crippen molar-refractivity contribution >= 4 is 21.9 Å². The Labute approximate surface area is 141 Å². The van der Waals surface area contributed by atoms with Gasteiger partial charge in [-0.3, -0.25) is 4.79 Å². The maximum absolute atomic E-state index is 12.9. The van der Waals surface area contributed by atoms with Crippen LogP contribution in [0.3, 0.4) is 0 Å². The van der Waals surface area contributed by atoms with Crippen molar-refractivity contribution in [3.8, 4) is 5.75 Å². The first-order valence-electron chi connectivity index (χ1n) is 8.13. The van der Waals surface area contributed by atoms with E-state index >= 15 is 0 Å². The number of carbonyl (C=O) groups excluding carboxylic acids is 1. The predicted octanol–water partition coefficient (Wildman–Crippen LogP) is 5.31. The maximum Gasteiger partial charge on any atom is 0.319 e. The third-order valence-electron chi connectivity index (χ3n) is 6.70. The normalized spacial score (nSPS) is 35.3. The van der Waals surface area contributed by atoms with Crippen molar-refractivity contribution in [2.45, 2.75) is 58.2 Å². The molecule has 0 heterocycles. The fourth-order valence-electron chi connectivity index (χ4n) is 4.52. The highest BCUT2D eigenvalue weighted by atomic mass is 79.9. The van der Waals surface area contributed by atoms with Gasteiger partial charge in [-0.15, -0.1) is 0 Å². The van der Waals surface area contributed by atoms with Crippen molar-refractivity contribution in [2.75, 3.05) is 0 Å². The Morgan fingerprint density at radius 2 is 1.77 bits per heavy atom. The van der Waals surface area contributed by atoms with Gasteiger partial charge in [0.2, 0.25) is 0 Å². The summed E-state index contributed by atoms with van der Waals surface area (Å²) in [6.07, 6.45) is 1.99. The molecule has 3 atom stereocenters. The van der Waals surface area contributed by atoms with Gasteiger partial charge in [-0.05, 0) is 47.3 Å². The molecule has 3 unspecified atom stereocenters. The lowest BCUT2D eigenvalue weighted by Crippen LogP contribution is -2.68. The van der Waals surface area contributed by atoms with Gasteiger partial charge < -0.3 is 4.74 Å². The van der Waals surface area contributed by atoms with Crippen molar-refractivity contribution in [3.63, 3.8) is 0 Å². The molecule has 3 aliphatic rings. The average Bonchev–Trinajstić information content (AvgIpc) is 2.87. The third kappa shape index (κ3) is 1.75. The van der Waals surface area contributed by atoms with Gasteiger partial charge >= 0.3 is 5.97 Å². The zero-order valence-corrected chi connectivity index (χ0v) is 15.7. The van der Waals surface area contributed by atoms with Crippen LogP contribution in [0.15, 0.2) is 24.3 Å². The number of benzene rings is 1. The van der Waals surface area contributed by atoms with Crippen LogP contribution in [0.5, 0.6) is 5.75 Å². The van der Waals surface area contributed by atoms with E-state index in [1.807, 2.05) is 24.3 Å². The van der Waals surface area contributed by atoms with Gasteiger partial charge in [-0.2, -0.15) is 0 Å². The number of hydrogen-bond donors (Lipinski definition) is 0. The summed E-state index contributed by atoms with van der Waals surface area (Å²) in [7, 11) is 0. The molecule has 1 aromatic rings. The molecule has 0 amide bonds. The van der Waals surface area contributed by atoms with Crippen LogP contribution in [0, 0.1) is 16.2 Å². The Morgan fingerprint density at radius 3 is 2.18 bits per heavy atom. The Kier molecular flexibility index (Phi) is 3.52. The Bertz CT molecular complexity index is 604. The lowest BCUT2D eigenvalue weighted by atomic mass is 9.43. The van der Waals surface area contributed by atoms with Crippen LogP contribution in [0.25, 0.3) is 0 Å². The molecule has 0 N–H and O–H groups in total. The standard InChI is InChI=1S/C19H25BrO2/c1-12(2)13-6-8-14(9-7-13)22-16(21)19-11-10-18(5,15(19)20)17(19,3)4/h6-9,12,15H,10-11H2,1-5H3. The molecule has 2 nitrogen and oxygen atoms in total. The summed E-state index contributed by atoms with van der Waals surface area (Å²) in [5.41, 5.74) is 1.03. The number of carbonyl (C=O) groups is 1. The Morgan fingerprint density at radius 1 is 1.18 bits per heavy atom. The first-order valence-corrected chi connectivity index (χ1v) is 9.05. The molecule has 4 rings (SSSR count). The topological polar surface area (TPSA) is 26.3 Å². The fourth-order valence-corrected chi connectivity index (χ4v) is 6.31. The zero-order chi connectivity index (χ0) is 16.3. The molecule has 3 fully saturated rings. The first-order chi connectivity index (χ1) is 10.2. The van der Waals surface area contributed by atoms with Crippen molar-refractivity contribution in [1.29, 1.82) is 0 Å². The molecule has 1 aromatic carbocycles. The number of halogens is 1. The molecule has 3 heteroatoms. The SMILES string of the molecule is CC(C)c1ccc(OC(=O)C23CCC(C)(C2Br)C3(C)C)cc1. The van der Waals surface area contributed by atoms with E-state index in [9.17, 15) is 4.79 Å². The molecule has 3 saturated carbocycles. The van der Waals surface area contributed by atoms with Crippen LogP contribution in [0.2, 0.25) is 0 Å². The summed E-state index contributed by atoms with van der Waals surface area (Å²) < 4.78 is 5.76. The average molecular weight is 365 g/mol. The van der Waals surface area contributed by atoms with Gasteiger partial charge in [-0.25, -0.2) is 0 Å². The lowest BCUT2D eigenvalue weighted by Gasteiger charge is -2.63. The third-order valence-corrected chi connectivity index (χ3v) is 8.49. The van der Waals surface area contributed by atoms with E-state index in [1.54, 1.807) is 0 Å². The van der Waals surface area contributed by atoms with Crippen LogP contribution < -0.4 is 4.74 Å². The van der Waals surface area contributed by atoms with E-state index in [2.05, 4.69) is 50.5 Å². The fraction of sp³-hybridized carbons (Fsp3) is 0.632. The summed E-state index contributed by atoms with van der Waals surface area (Å²) in [5, 5.41) is 0. The minimum atomic E-state index is -0.390. The number of ether oxygens (including phenoxy) is 1. The molecule has 2 bridgehead atoms. The largest absolute Gasteiger partial charge is 0.426 e. The summed E-state index contributed by atoms with van der Waals surface area (Å²) >= 11 is 3.79. The van der Waals surface area contributed by atoms with Crippen LogP contribution >= 0.6 is 15.9 Å². The number of rotatable bonds is 3. The number of alkyl halides is 1. The van der Waals surface area contributed by atoms with Gasteiger partial charge in [0.25, 0.3) is 0 Å². The van der Waals surface area contributed by atoms with E-state index in [4.69, 9.17) is 4.74 Å². The molecule has 22 heavy (non-hydrogen) atoms. The van der Waals surface area contributed by atoms with Crippen LogP contribution in [-0.2, 0) is 4.79 Å². The number of hydrogen-bond acceptors (Lipinski definition) is 2. The summed E-state index contributed by atoms with van der Waals surface area (Å²) in [5.74, 6) is 1.06. The Balaban J connectivity index is 1.81. The molecule has 0 aromatic heterocycles. The lowest BCUT2D eigenvalue weighted by molar-refractivity contribution is -0.176. The highest BCUT2D eigenvalue weighted by Crippen LogP contribution is 2.79. The van der Waals surface area contributed by atoms with Gasteiger partial charge in [0.05, 0.1) is 5.41 Å². The zero-order valence-electron chi connectivity index (χ0n) is 14.1. The van der Waals surface area contributed by atoms with E-state index < -0.39 is 5.41 Å². The van der Waals surface area contributed by atoms with Crippen molar-refractivity contribution < 1.29 is 9.53 Å². The molecular weight excluding hydrogens is 340 g/mol. The molecule has 0 spiro atoms. The highest BCUT2D eigenvalue weighted by Gasteiger charge is 2.80. The minimum Gasteiger partial charge on any atom is -0.426 e. The number of fused-ring (bicyclic) bond motifs is 1. The van der Waals surface area contributed by atoms with Gasteiger partial charge in [-0.1, -0.05) is 62.7 Å².